The molecule has 65 heavy (non-hydrogen) atoms. The number of carbonyl (C=O) groups excluding carboxylic acids is 2. The number of hydrogen-bond acceptors (Lipinski definition) is 16. The fourth-order valence-corrected chi connectivity index (χ4v) is 8.21. The third-order valence-corrected chi connectivity index (χ3v) is 12.2. The second kappa shape index (κ2) is 21.9. The highest BCUT2D eigenvalue weighted by Gasteiger charge is 2.46. The first-order valence-corrected chi connectivity index (χ1v) is 22.3. The third kappa shape index (κ3) is 12.8. The van der Waals surface area contributed by atoms with Gasteiger partial charge in [0.2, 0.25) is 24.4 Å². The Morgan fingerprint density at radius 1 is 0.569 bits per heavy atom. The largest absolute Gasteiger partial charge is 0.462 e. The number of ether oxygens (including phenoxy) is 4. The Kier molecular flexibility index (Phi) is 16.7. The molecule has 0 aromatic heterocycles. The van der Waals surface area contributed by atoms with Crippen LogP contribution < -0.4 is 20.1 Å². The van der Waals surface area contributed by atoms with E-state index in [1.165, 1.54) is 12.1 Å². The number of rotatable bonds is 18. The number of hydrogen-bond donors (Lipinski definition) is 11. The SMILES string of the molecule is Cc1cc(NC(=O)CCc2ccc(O[C@@H]3OC(CO)[C@H](O)[C@H](O)C3O)cc2)ccc1CCc1ccc(NC(=O)CCc2ccc(O[C@@H]3OC(CO)[C@H](O)[C@H](O)C3O)cc2)cc1S(=O)(=O)O. The summed E-state index contributed by atoms with van der Waals surface area (Å²) in [5.74, 6) is -0.0861. The fourth-order valence-electron chi connectivity index (χ4n) is 7.43. The number of amides is 2. The van der Waals surface area contributed by atoms with Crippen LogP contribution >= 0.6 is 0 Å². The van der Waals surface area contributed by atoms with E-state index < -0.39 is 90.7 Å². The average Bonchev–Trinajstić information content (AvgIpc) is 3.28. The van der Waals surface area contributed by atoms with Gasteiger partial charge in [-0.15, -0.1) is 0 Å². The highest BCUT2D eigenvalue weighted by Crippen LogP contribution is 2.28. The molecule has 0 saturated carbocycles. The van der Waals surface area contributed by atoms with Gasteiger partial charge in [-0.3, -0.25) is 14.1 Å². The molecule has 2 saturated heterocycles. The van der Waals surface area contributed by atoms with Gasteiger partial charge in [-0.2, -0.15) is 8.42 Å². The molecule has 0 spiro atoms. The molecule has 2 aliphatic heterocycles. The molecule has 6 rings (SSSR count). The molecule has 0 radical (unpaired) electrons. The van der Waals surface area contributed by atoms with Crippen LogP contribution in [0.3, 0.4) is 0 Å². The van der Waals surface area contributed by atoms with Crippen molar-refractivity contribution in [3.8, 4) is 11.5 Å². The molecule has 20 heteroatoms. The normalized spacial score (nSPS) is 25.7. The van der Waals surface area contributed by atoms with Crippen LogP contribution in [0.4, 0.5) is 11.4 Å². The van der Waals surface area contributed by atoms with Gasteiger partial charge in [0, 0.05) is 24.2 Å². The van der Waals surface area contributed by atoms with E-state index >= 15 is 0 Å². The van der Waals surface area contributed by atoms with Gasteiger partial charge in [-0.1, -0.05) is 36.4 Å². The lowest BCUT2D eigenvalue weighted by Crippen LogP contribution is -2.60. The van der Waals surface area contributed by atoms with Crippen LogP contribution in [-0.4, -0.2) is 140 Å². The van der Waals surface area contributed by atoms with Crippen LogP contribution in [0.5, 0.6) is 11.5 Å². The zero-order valence-electron chi connectivity index (χ0n) is 35.2. The molecule has 2 fully saturated rings. The van der Waals surface area contributed by atoms with Crippen molar-refractivity contribution in [2.45, 2.75) is 112 Å². The lowest BCUT2D eigenvalue weighted by molar-refractivity contribution is -0.277. The maximum atomic E-state index is 12.9. The number of nitrogens with one attached hydrogen (secondary N) is 2. The van der Waals surface area contributed by atoms with Gasteiger partial charge in [0.25, 0.3) is 10.1 Å². The van der Waals surface area contributed by atoms with E-state index in [9.17, 15) is 63.4 Å². The van der Waals surface area contributed by atoms with Gasteiger partial charge in [0.1, 0.15) is 60.3 Å². The molecule has 0 bridgehead atoms. The van der Waals surface area contributed by atoms with E-state index in [4.69, 9.17) is 18.9 Å². The summed E-state index contributed by atoms with van der Waals surface area (Å²) in [6.45, 7) is 0.677. The molecule has 19 nitrogen and oxygen atoms in total. The Bertz CT molecular complexity index is 2350. The van der Waals surface area contributed by atoms with Gasteiger partial charge in [0.05, 0.1) is 18.1 Å². The van der Waals surface area contributed by atoms with E-state index in [0.717, 1.165) is 22.3 Å². The minimum Gasteiger partial charge on any atom is -0.462 e. The summed E-state index contributed by atoms with van der Waals surface area (Å²) in [6.07, 6.45) is -12.7. The van der Waals surface area contributed by atoms with Crippen LogP contribution in [0.1, 0.15) is 40.7 Å². The van der Waals surface area contributed by atoms with Crippen LogP contribution in [0.25, 0.3) is 0 Å². The number of benzene rings is 4. The molecule has 2 aliphatic rings. The monoisotopic (exact) mass is 926 g/mol. The zero-order chi connectivity index (χ0) is 47.0. The summed E-state index contributed by atoms with van der Waals surface area (Å²) < 4.78 is 56.9. The van der Waals surface area contributed by atoms with Crippen molar-refractivity contribution in [2.24, 2.45) is 0 Å². The first-order valence-electron chi connectivity index (χ1n) is 20.9. The summed E-state index contributed by atoms with van der Waals surface area (Å²) in [5.41, 5.74) is 4.35. The van der Waals surface area contributed by atoms with Crippen LogP contribution in [0, 0.1) is 6.92 Å². The van der Waals surface area contributed by atoms with Crippen molar-refractivity contribution in [2.75, 3.05) is 23.8 Å². The van der Waals surface area contributed by atoms with Crippen LogP contribution in [-0.2, 0) is 54.9 Å². The molecular formula is C45H54N2O17S. The third-order valence-electron chi connectivity index (χ3n) is 11.2. The highest BCUT2D eigenvalue weighted by molar-refractivity contribution is 7.85. The Morgan fingerprint density at radius 2 is 0.985 bits per heavy atom. The molecule has 4 unspecified atom stereocenters. The van der Waals surface area contributed by atoms with E-state index in [-0.39, 0.29) is 41.5 Å². The van der Waals surface area contributed by atoms with Gasteiger partial charge < -0.3 is 70.4 Å². The van der Waals surface area contributed by atoms with E-state index in [1.807, 2.05) is 13.0 Å². The van der Waals surface area contributed by atoms with E-state index in [1.54, 1.807) is 66.7 Å². The van der Waals surface area contributed by atoms with E-state index in [2.05, 4.69) is 10.6 Å². The molecule has 4 aromatic rings. The number of aliphatic hydroxyl groups is 8. The predicted octanol–water partition coefficient (Wildman–Crippen LogP) is 0.527. The Hall–Kier alpha value is -5.07. The van der Waals surface area contributed by atoms with E-state index in [0.29, 0.717) is 36.3 Å². The van der Waals surface area contributed by atoms with Crippen molar-refractivity contribution in [3.63, 3.8) is 0 Å². The molecule has 10 atom stereocenters. The topological polar surface area (TPSA) is 311 Å². The van der Waals surface area contributed by atoms with Gasteiger partial charge in [0.15, 0.2) is 0 Å². The number of anilines is 2. The number of aryl methyl sites for hydroxylation is 5. The second-order valence-electron chi connectivity index (χ2n) is 16.0. The molecule has 2 heterocycles. The molecule has 4 aromatic carbocycles. The Morgan fingerprint density at radius 3 is 1.40 bits per heavy atom. The maximum absolute atomic E-state index is 12.9. The quantitative estimate of drug-likeness (QED) is 0.0607. The summed E-state index contributed by atoms with van der Waals surface area (Å²) in [6, 6.07) is 22.8. The number of carbonyl (C=O) groups is 2. The maximum Gasteiger partial charge on any atom is 0.294 e. The summed E-state index contributed by atoms with van der Waals surface area (Å²) >= 11 is 0. The lowest BCUT2D eigenvalue weighted by Gasteiger charge is -2.39. The fraction of sp³-hybridized carbons (Fsp3) is 0.422. The smallest absolute Gasteiger partial charge is 0.294 e. The lowest BCUT2D eigenvalue weighted by atomic mass is 9.99. The molecule has 352 valence electrons. The van der Waals surface area contributed by atoms with Gasteiger partial charge in [-0.25, -0.2) is 0 Å². The summed E-state index contributed by atoms with van der Waals surface area (Å²) in [7, 11) is -4.67. The molecular weight excluding hydrogens is 873 g/mol. The summed E-state index contributed by atoms with van der Waals surface area (Å²) in [4.78, 5) is 25.3. The first-order chi connectivity index (χ1) is 30.9. The minimum absolute atomic E-state index is 0.0225. The van der Waals surface area contributed by atoms with Crippen molar-refractivity contribution in [1.29, 1.82) is 0 Å². The molecule has 0 aliphatic carbocycles. The predicted molar refractivity (Wildman–Crippen MR) is 230 cm³/mol. The van der Waals surface area contributed by atoms with Gasteiger partial charge >= 0.3 is 0 Å². The van der Waals surface area contributed by atoms with Crippen molar-refractivity contribution >= 4 is 33.3 Å². The summed E-state index contributed by atoms with van der Waals surface area (Å²) in [5, 5.41) is 84.7. The van der Waals surface area contributed by atoms with Crippen molar-refractivity contribution < 1.29 is 82.4 Å². The standard InChI is InChI=1S/C45H54N2O17S/c1-24-20-29(46-36(50)18-6-25-2-14-31(15-3-25)61-44-42(56)40(54)38(52)33(22-48)63-44)12-10-27(24)8-9-28-11-13-30(21-35(28)65(58,59)60)47-37(51)19-7-26-4-16-32(17-5-26)62-45-43(57)41(55)39(53)34(23-49)64-45/h2-5,10-17,20-21,33-34,38-45,48-49,52-57H,6-9,18-19,22-23H2,1H3,(H,46,50)(H,47,51)(H,58,59,60)/t33?,34?,38-,39-,40-,41-,42?,43?,44+,45+/m0/s1. The van der Waals surface area contributed by atoms with Crippen LogP contribution in [0.2, 0.25) is 0 Å². The van der Waals surface area contributed by atoms with Gasteiger partial charge in [-0.05, 0) is 109 Å². The second-order valence-corrected chi connectivity index (χ2v) is 17.3. The van der Waals surface area contributed by atoms with Crippen LogP contribution in [0.15, 0.2) is 89.8 Å². The average molecular weight is 927 g/mol. The number of aliphatic hydroxyl groups excluding tert-OH is 8. The Labute approximate surface area is 374 Å². The highest BCUT2D eigenvalue weighted by atomic mass is 32.2. The molecule has 2 amide bonds. The van der Waals surface area contributed by atoms with Crippen molar-refractivity contribution in [3.05, 3.63) is 113 Å². The first kappa shape index (κ1) is 49.4. The Balaban J connectivity index is 0.955. The minimum atomic E-state index is -4.67. The van der Waals surface area contributed by atoms with Crippen molar-refractivity contribution in [1.82, 2.24) is 0 Å². The molecule has 11 N–H and O–H groups in total. The zero-order valence-corrected chi connectivity index (χ0v) is 36.0.